The van der Waals surface area contributed by atoms with E-state index in [1.165, 1.54) is 7.11 Å². The van der Waals surface area contributed by atoms with Gasteiger partial charge >= 0.3 is 0 Å². The first kappa shape index (κ1) is 15.1. The van der Waals surface area contributed by atoms with Gasteiger partial charge in [-0.05, 0) is 23.1 Å². The Bertz CT molecular complexity index is 474. The lowest BCUT2D eigenvalue weighted by Gasteiger charge is -2.19. The number of benzene rings is 1. The number of hydrogen-bond donors (Lipinski definition) is 1. The summed E-state index contributed by atoms with van der Waals surface area (Å²) in [5.41, 5.74) is 1.06. The maximum absolute atomic E-state index is 11.8. The van der Waals surface area contributed by atoms with E-state index in [0.717, 1.165) is 5.56 Å². The van der Waals surface area contributed by atoms with Gasteiger partial charge in [-0.3, -0.25) is 4.84 Å². The fourth-order valence-corrected chi connectivity index (χ4v) is 2.14. The smallest absolute Gasteiger partial charge is 0.262 e. The molecule has 0 saturated heterocycles. The average molecular weight is 273 g/mol. The summed E-state index contributed by atoms with van der Waals surface area (Å²) >= 11 is 0. The summed E-state index contributed by atoms with van der Waals surface area (Å²) in [7, 11) is -2.24. The zero-order valence-electron chi connectivity index (χ0n) is 11.1. The van der Waals surface area contributed by atoms with Crippen LogP contribution < -0.4 is 4.89 Å². The van der Waals surface area contributed by atoms with Gasteiger partial charge in [0.15, 0.2) is 6.79 Å². The van der Waals surface area contributed by atoms with Crippen LogP contribution in [0.15, 0.2) is 29.2 Å². The third-order valence-electron chi connectivity index (χ3n) is 2.38. The van der Waals surface area contributed by atoms with Crippen molar-refractivity contribution in [1.82, 2.24) is 4.89 Å². The number of hydrogen-bond acceptors (Lipinski definition) is 4. The van der Waals surface area contributed by atoms with Crippen molar-refractivity contribution in [3.8, 4) is 0 Å². The van der Waals surface area contributed by atoms with E-state index < -0.39 is 10.0 Å². The third kappa shape index (κ3) is 4.06. The van der Waals surface area contributed by atoms with Crippen LogP contribution in [0.2, 0.25) is 0 Å². The molecule has 0 aliphatic heterocycles. The summed E-state index contributed by atoms with van der Waals surface area (Å²) in [5.74, 6) is 0. The van der Waals surface area contributed by atoms with Crippen molar-refractivity contribution in [2.75, 3.05) is 13.9 Å². The molecule has 18 heavy (non-hydrogen) atoms. The first-order chi connectivity index (χ1) is 8.27. The van der Waals surface area contributed by atoms with Crippen molar-refractivity contribution in [3.05, 3.63) is 29.8 Å². The van der Waals surface area contributed by atoms with Gasteiger partial charge in [0.25, 0.3) is 10.0 Å². The van der Waals surface area contributed by atoms with E-state index in [-0.39, 0.29) is 17.1 Å². The Hall–Kier alpha value is -0.950. The molecule has 0 amide bonds. The quantitative estimate of drug-likeness (QED) is 0.505. The molecule has 0 spiro atoms. The van der Waals surface area contributed by atoms with Crippen molar-refractivity contribution in [3.63, 3.8) is 0 Å². The highest BCUT2D eigenvalue weighted by atomic mass is 32.2. The second-order valence-corrected chi connectivity index (χ2v) is 6.56. The van der Waals surface area contributed by atoms with Crippen molar-refractivity contribution >= 4 is 10.0 Å². The molecule has 0 unspecified atom stereocenters. The molecule has 1 aromatic carbocycles. The van der Waals surface area contributed by atoms with E-state index in [2.05, 4.69) is 30.3 Å². The molecule has 5 nitrogen and oxygen atoms in total. The molecule has 0 saturated carbocycles. The summed E-state index contributed by atoms with van der Waals surface area (Å²) in [6.45, 7) is 6.06. The van der Waals surface area contributed by atoms with Crippen LogP contribution in [0.4, 0.5) is 0 Å². The molecular formula is C12H19NO4S. The van der Waals surface area contributed by atoms with E-state index in [0.29, 0.717) is 0 Å². The van der Waals surface area contributed by atoms with Crippen LogP contribution in [0.25, 0.3) is 0 Å². The van der Waals surface area contributed by atoms with Crippen molar-refractivity contribution in [2.45, 2.75) is 31.1 Å². The minimum atomic E-state index is -3.65. The molecule has 6 heteroatoms. The topological polar surface area (TPSA) is 64.6 Å². The van der Waals surface area contributed by atoms with Crippen LogP contribution in [0.3, 0.4) is 0 Å². The summed E-state index contributed by atoms with van der Waals surface area (Å²) in [5, 5.41) is 0. The van der Waals surface area contributed by atoms with Crippen LogP contribution in [-0.4, -0.2) is 22.3 Å². The van der Waals surface area contributed by atoms with Crippen LogP contribution in [0.1, 0.15) is 26.3 Å². The second-order valence-electron chi connectivity index (χ2n) is 4.91. The van der Waals surface area contributed by atoms with Gasteiger partial charge in [-0.15, -0.1) is 0 Å². The van der Waals surface area contributed by atoms with Gasteiger partial charge in [0.2, 0.25) is 0 Å². The molecule has 0 fully saturated rings. The molecule has 0 aromatic heterocycles. The molecule has 0 atom stereocenters. The Labute approximate surface area is 108 Å². The fourth-order valence-electron chi connectivity index (χ4n) is 1.34. The Morgan fingerprint density at radius 2 is 1.72 bits per heavy atom. The molecule has 102 valence electrons. The lowest BCUT2D eigenvalue weighted by molar-refractivity contribution is -0.0540. The van der Waals surface area contributed by atoms with Crippen molar-refractivity contribution in [1.29, 1.82) is 0 Å². The molecule has 0 aliphatic rings. The normalized spacial score (nSPS) is 12.7. The van der Waals surface area contributed by atoms with Crippen LogP contribution in [0.5, 0.6) is 0 Å². The van der Waals surface area contributed by atoms with E-state index in [1.54, 1.807) is 24.3 Å². The zero-order valence-corrected chi connectivity index (χ0v) is 11.9. The maximum atomic E-state index is 11.8. The summed E-state index contributed by atoms with van der Waals surface area (Å²) < 4.78 is 28.1. The van der Waals surface area contributed by atoms with Crippen LogP contribution in [0, 0.1) is 0 Å². The maximum Gasteiger partial charge on any atom is 0.262 e. The predicted molar refractivity (Wildman–Crippen MR) is 68.4 cm³/mol. The second kappa shape index (κ2) is 5.79. The minimum absolute atomic E-state index is 0.0116. The van der Waals surface area contributed by atoms with E-state index >= 15 is 0 Å². The zero-order chi connectivity index (χ0) is 13.8. The third-order valence-corrected chi connectivity index (χ3v) is 3.61. The summed E-state index contributed by atoms with van der Waals surface area (Å²) in [6, 6.07) is 6.70. The van der Waals surface area contributed by atoms with E-state index in [9.17, 15) is 8.42 Å². The highest BCUT2D eigenvalue weighted by Crippen LogP contribution is 2.23. The van der Waals surface area contributed by atoms with Gasteiger partial charge < -0.3 is 4.74 Å². The number of nitrogens with one attached hydrogen (secondary N) is 1. The van der Waals surface area contributed by atoms with Gasteiger partial charge in [-0.25, -0.2) is 8.42 Å². The van der Waals surface area contributed by atoms with Gasteiger partial charge in [0.05, 0.1) is 4.90 Å². The standard InChI is InChI=1S/C12H19NO4S/c1-12(2,3)10-5-7-11(8-6-10)18(14,15)13-17-9-16-4/h5-8,13H,9H2,1-4H3. The molecular weight excluding hydrogens is 254 g/mol. The number of methoxy groups -OCH3 is 1. The average Bonchev–Trinajstić information content (AvgIpc) is 2.28. The molecule has 1 aromatic rings. The first-order valence-electron chi connectivity index (χ1n) is 5.50. The molecule has 0 aliphatic carbocycles. The Kier molecular flexibility index (Phi) is 4.86. The van der Waals surface area contributed by atoms with Gasteiger partial charge in [-0.1, -0.05) is 37.8 Å². The summed E-state index contributed by atoms with van der Waals surface area (Å²) in [4.78, 5) is 6.78. The fraction of sp³-hybridized carbons (Fsp3) is 0.500. The lowest BCUT2D eigenvalue weighted by Crippen LogP contribution is -2.25. The molecule has 0 bridgehead atoms. The van der Waals surface area contributed by atoms with Crippen LogP contribution >= 0.6 is 0 Å². The predicted octanol–water partition coefficient (Wildman–Crippen LogP) is 1.80. The van der Waals surface area contributed by atoms with E-state index in [1.807, 2.05) is 4.89 Å². The Morgan fingerprint density at radius 3 is 2.17 bits per heavy atom. The highest BCUT2D eigenvalue weighted by Gasteiger charge is 2.17. The molecule has 1 rings (SSSR count). The monoisotopic (exact) mass is 273 g/mol. The van der Waals surface area contributed by atoms with Crippen molar-refractivity contribution < 1.29 is 18.0 Å². The number of rotatable bonds is 5. The number of ether oxygens (including phenoxy) is 1. The molecule has 0 radical (unpaired) electrons. The summed E-state index contributed by atoms with van der Waals surface area (Å²) in [6.07, 6.45) is 0. The highest BCUT2D eigenvalue weighted by molar-refractivity contribution is 7.89. The van der Waals surface area contributed by atoms with Crippen molar-refractivity contribution in [2.24, 2.45) is 0 Å². The molecule has 0 heterocycles. The SMILES string of the molecule is COCONS(=O)(=O)c1ccc(C(C)(C)C)cc1. The Balaban J connectivity index is 2.85. The first-order valence-corrected chi connectivity index (χ1v) is 6.99. The minimum Gasteiger partial charge on any atom is -0.357 e. The van der Waals surface area contributed by atoms with Gasteiger partial charge in [-0.2, -0.15) is 0 Å². The van der Waals surface area contributed by atoms with Gasteiger partial charge in [0, 0.05) is 7.11 Å². The van der Waals surface area contributed by atoms with E-state index in [4.69, 9.17) is 0 Å². The Morgan fingerprint density at radius 1 is 1.17 bits per heavy atom. The van der Waals surface area contributed by atoms with Crippen LogP contribution in [-0.2, 0) is 25.0 Å². The largest absolute Gasteiger partial charge is 0.357 e. The number of sulfonamides is 1. The van der Waals surface area contributed by atoms with Gasteiger partial charge in [0.1, 0.15) is 0 Å². The molecule has 1 N–H and O–H groups in total. The lowest BCUT2D eigenvalue weighted by atomic mass is 9.87.